The van der Waals surface area contributed by atoms with E-state index in [-0.39, 0.29) is 0 Å². The highest BCUT2D eigenvalue weighted by Gasteiger charge is 1.96. The third-order valence-electron chi connectivity index (χ3n) is 0.830. The molecule has 1 rings (SSSR count). The first kappa shape index (κ1) is 11.4. The highest BCUT2D eigenvalue weighted by Crippen LogP contribution is 2.14. The molecule has 8 heteroatoms. The lowest BCUT2D eigenvalue weighted by atomic mass is 10.8. The van der Waals surface area contributed by atoms with Crippen molar-refractivity contribution < 1.29 is 19.8 Å². The normalized spacial score (nSPS) is 12.0. The Balaban J connectivity index is 0.000000396. The predicted molar refractivity (Wildman–Crippen MR) is 39.7 cm³/mol. The first-order valence-corrected chi connectivity index (χ1v) is 3.67. The Morgan fingerprint density at radius 3 is 1.38 bits per heavy atom. The van der Waals surface area contributed by atoms with Crippen molar-refractivity contribution in [3.05, 3.63) is 20.2 Å². The summed E-state index contributed by atoms with van der Waals surface area (Å²) in [5.74, 6) is 0. The minimum absolute atomic E-state index is 0.437. The maximum absolute atomic E-state index is 9.40. The van der Waals surface area contributed by atoms with E-state index >= 15 is 0 Å². The molecular weight excluding hydrogens is 184 g/mol. The Morgan fingerprint density at radius 1 is 0.923 bits per heavy atom. The third-order valence-corrected chi connectivity index (χ3v) is 0.830. The SMILES string of the molecule is C1CC1.O=[N+]([O-])OCCO[N+](=O)[O-]. The first-order valence-electron chi connectivity index (χ1n) is 3.67. The van der Waals surface area contributed by atoms with Crippen LogP contribution in [0, 0.1) is 20.2 Å². The van der Waals surface area contributed by atoms with Gasteiger partial charge in [-0.15, -0.1) is 20.2 Å². The van der Waals surface area contributed by atoms with E-state index in [1.54, 1.807) is 0 Å². The van der Waals surface area contributed by atoms with Crippen molar-refractivity contribution in [1.29, 1.82) is 0 Å². The van der Waals surface area contributed by atoms with Gasteiger partial charge in [0.05, 0.1) is 0 Å². The zero-order valence-corrected chi connectivity index (χ0v) is 6.88. The highest BCUT2D eigenvalue weighted by atomic mass is 17.0. The fourth-order valence-electron chi connectivity index (χ4n) is 0.224. The van der Waals surface area contributed by atoms with Gasteiger partial charge in [0, 0.05) is 0 Å². The number of hydrogen-bond donors (Lipinski definition) is 0. The van der Waals surface area contributed by atoms with Gasteiger partial charge in [-0.2, -0.15) is 0 Å². The molecule has 0 N–H and O–H groups in total. The van der Waals surface area contributed by atoms with Gasteiger partial charge in [0.2, 0.25) is 0 Å². The molecule has 0 spiro atoms. The Kier molecular flexibility index (Phi) is 6.20. The predicted octanol–water partition coefficient (Wildman–Crippen LogP) is 0.573. The van der Waals surface area contributed by atoms with Gasteiger partial charge in [-0.25, -0.2) is 0 Å². The zero-order chi connectivity index (χ0) is 10.1. The van der Waals surface area contributed by atoms with Crippen molar-refractivity contribution in [1.82, 2.24) is 0 Å². The molecule has 0 aromatic carbocycles. The molecule has 0 heterocycles. The molecule has 1 aliphatic rings. The fourth-order valence-corrected chi connectivity index (χ4v) is 0.224. The monoisotopic (exact) mass is 194 g/mol. The Bertz CT molecular complexity index is 152. The molecule has 0 amide bonds. The molecule has 1 fully saturated rings. The van der Waals surface area contributed by atoms with Gasteiger partial charge in [-0.3, -0.25) is 0 Å². The summed E-state index contributed by atoms with van der Waals surface area (Å²) in [7, 11) is 0. The highest BCUT2D eigenvalue weighted by molar-refractivity contribution is 4.50. The van der Waals surface area contributed by atoms with Crippen LogP contribution in [0.25, 0.3) is 0 Å². The maximum Gasteiger partial charge on any atom is 0.294 e. The van der Waals surface area contributed by atoms with Crippen LogP contribution < -0.4 is 0 Å². The van der Waals surface area contributed by atoms with Crippen LogP contribution in [0.2, 0.25) is 0 Å². The van der Waals surface area contributed by atoms with Gasteiger partial charge in [0.25, 0.3) is 10.2 Å². The first-order chi connectivity index (χ1) is 6.13. The van der Waals surface area contributed by atoms with Crippen molar-refractivity contribution in [3.8, 4) is 0 Å². The molecule has 13 heavy (non-hydrogen) atoms. The van der Waals surface area contributed by atoms with Gasteiger partial charge in [0.15, 0.2) is 0 Å². The van der Waals surface area contributed by atoms with Crippen molar-refractivity contribution >= 4 is 0 Å². The fraction of sp³-hybridized carbons (Fsp3) is 1.00. The van der Waals surface area contributed by atoms with E-state index in [0.717, 1.165) is 0 Å². The van der Waals surface area contributed by atoms with Crippen LogP contribution in [0.4, 0.5) is 0 Å². The molecule has 0 radical (unpaired) electrons. The van der Waals surface area contributed by atoms with E-state index in [4.69, 9.17) is 0 Å². The maximum atomic E-state index is 9.40. The van der Waals surface area contributed by atoms with E-state index < -0.39 is 23.4 Å². The van der Waals surface area contributed by atoms with E-state index in [1.165, 1.54) is 19.3 Å². The van der Waals surface area contributed by atoms with E-state index in [1.807, 2.05) is 0 Å². The quantitative estimate of drug-likeness (QED) is 0.360. The van der Waals surface area contributed by atoms with Crippen molar-refractivity contribution in [3.63, 3.8) is 0 Å². The van der Waals surface area contributed by atoms with Crippen LogP contribution in [0.3, 0.4) is 0 Å². The minimum Gasteiger partial charge on any atom is -0.312 e. The van der Waals surface area contributed by atoms with E-state index in [0.29, 0.717) is 0 Å². The van der Waals surface area contributed by atoms with Crippen LogP contribution in [0.1, 0.15) is 19.3 Å². The van der Waals surface area contributed by atoms with E-state index in [2.05, 4.69) is 9.68 Å². The minimum atomic E-state index is -1.05. The van der Waals surface area contributed by atoms with Crippen LogP contribution in [0.15, 0.2) is 0 Å². The average molecular weight is 194 g/mol. The number of nitrogens with zero attached hydrogens (tertiary/aromatic N) is 2. The number of rotatable bonds is 5. The Labute approximate surface area is 73.6 Å². The molecule has 0 saturated heterocycles. The number of hydrogen-bond acceptors (Lipinski definition) is 6. The molecule has 0 aromatic rings. The van der Waals surface area contributed by atoms with E-state index in [9.17, 15) is 20.2 Å². The summed E-state index contributed by atoms with van der Waals surface area (Å²) < 4.78 is 0. The van der Waals surface area contributed by atoms with Gasteiger partial charge in [-0.1, -0.05) is 19.3 Å². The Morgan fingerprint density at radius 2 is 1.23 bits per heavy atom. The molecule has 8 nitrogen and oxygen atoms in total. The molecule has 0 bridgehead atoms. The smallest absolute Gasteiger partial charge is 0.294 e. The zero-order valence-electron chi connectivity index (χ0n) is 6.88. The largest absolute Gasteiger partial charge is 0.312 e. The lowest BCUT2D eigenvalue weighted by Gasteiger charge is -1.95. The van der Waals surface area contributed by atoms with Crippen molar-refractivity contribution in [2.45, 2.75) is 19.3 Å². The lowest BCUT2D eigenvalue weighted by Crippen LogP contribution is -2.11. The van der Waals surface area contributed by atoms with Gasteiger partial charge in [-0.05, 0) is 0 Å². The standard InChI is InChI=1S/C3H6.C2H4N2O6/c1-2-3-1;5-3(6)9-1-2-10-4(7)8/h1-3H2;1-2H2. The molecular formula is C5H10N2O6. The molecule has 0 aromatic heterocycles. The van der Waals surface area contributed by atoms with Crippen molar-refractivity contribution in [2.75, 3.05) is 13.2 Å². The Hall–Kier alpha value is -1.60. The lowest BCUT2D eigenvalue weighted by molar-refractivity contribution is -0.780. The molecule has 76 valence electrons. The summed E-state index contributed by atoms with van der Waals surface area (Å²) in [5.41, 5.74) is 0. The summed E-state index contributed by atoms with van der Waals surface area (Å²) >= 11 is 0. The second kappa shape index (κ2) is 7.07. The molecule has 0 atom stereocenters. The average Bonchev–Trinajstić information content (AvgIpc) is 2.82. The summed E-state index contributed by atoms with van der Waals surface area (Å²) in [6.45, 7) is -0.873. The second-order valence-electron chi connectivity index (χ2n) is 2.17. The van der Waals surface area contributed by atoms with Crippen LogP contribution >= 0.6 is 0 Å². The summed E-state index contributed by atoms with van der Waals surface area (Å²) in [6, 6.07) is 0. The molecule has 1 saturated carbocycles. The summed E-state index contributed by atoms with van der Waals surface area (Å²) in [4.78, 5) is 26.2. The topological polar surface area (TPSA) is 105 Å². The van der Waals surface area contributed by atoms with Crippen molar-refractivity contribution in [2.24, 2.45) is 0 Å². The van der Waals surface area contributed by atoms with Gasteiger partial charge >= 0.3 is 0 Å². The molecule has 0 unspecified atom stereocenters. The van der Waals surface area contributed by atoms with Crippen LogP contribution in [0.5, 0.6) is 0 Å². The summed E-state index contributed by atoms with van der Waals surface area (Å²) in [6.07, 6.45) is 4.50. The molecule has 0 aliphatic heterocycles. The summed E-state index contributed by atoms with van der Waals surface area (Å²) in [5, 5.41) is 16.7. The van der Waals surface area contributed by atoms with Crippen LogP contribution in [-0.2, 0) is 9.68 Å². The third kappa shape index (κ3) is 17.9. The van der Waals surface area contributed by atoms with Crippen LogP contribution in [-0.4, -0.2) is 23.4 Å². The van der Waals surface area contributed by atoms with Gasteiger partial charge in [0.1, 0.15) is 13.2 Å². The molecule has 1 aliphatic carbocycles. The second-order valence-corrected chi connectivity index (χ2v) is 2.17. The van der Waals surface area contributed by atoms with Gasteiger partial charge < -0.3 is 9.68 Å².